The summed E-state index contributed by atoms with van der Waals surface area (Å²) in [5, 5.41) is 10.8. The van der Waals surface area contributed by atoms with E-state index in [1.54, 1.807) is 30.3 Å². The number of hydrogen-bond donors (Lipinski definition) is 1. The van der Waals surface area contributed by atoms with Crippen molar-refractivity contribution in [1.29, 1.82) is 0 Å². The van der Waals surface area contributed by atoms with E-state index in [0.717, 1.165) is 6.07 Å². The van der Waals surface area contributed by atoms with Gasteiger partial charge < -0.3 is 0 Å². The smallest absolute Gasteiger partial charge is 0.261 e. The molecule has 0 saturated carbocycles. The SMILES string of the molecule is O=[N+]([O-])c1ccc(Cl)nc1NS(=O)(=O)Cc1ccccc1. The van der Waals surface area contributed by atoms with Crippen LogP contribution in [0.15, 0.2) is 42.5 Å². The van der Waals surface area contributed by atoms with E-state index >= 15 is 0 Å². The standard InChI is InChI=1S/C12H10ClN3O4S/c13-11-7-6-10(16(17)18)12(14-11)15-21(19,20)8-9-4-2-1-3-5-9/h1-7H,8H2,(H,14,15). The van der Waals surface area contributed by atoms with Gasteiger partial charge in [-0.25, -0.2) is 13.4 Å². The van der Waals surface area contributed by atoms with Crippen LogP contribution in [0.2, 0.25) is 5.15 Å². The van der Waals surface area contributed by atoms with Crippen molar-refractivity contribution in [3.8, 4) is 0 Å². The Morgan fingerprint density at radius 1 is 1.19 bits per heavy atom. The molecule has 21 heavy (non-hydrogen) atoms. The van der Waals surface area contributed by atoms with Crippen LogP contribution in [0.4, 0.5) is 11.5 Å². The van der Waals surface area contributed by atoms with Crippen molar-refractivity contribution in [3.63, 3.8) is 0 Å². The minimum absolute atomic E-state index is 0.0435. The van der Waals surface area contributed by atoms with Crippen molar-refractivity contribution in [2.75, 3.05) is 4.72 Å². The topological polar surface area (TPSA) is 102 Å². The van der Waals surface area contributed by atoms with Crippen molar-refractivity contribution >= 4 is 33.1 Å². The van der Waals surface area contributed by atoms with Crippen LogP contribution in [0, 0.1) is 10.1 Å². The summed E-state index contributed by atoms with van der Waals surface area (Å²) in [5.74, 6) is -0.720. The molecule has 1 N–H and O–H groups in total. The molecule has 0 aliphatic heterocycles. The number of nitro groups is 1. The molecule has 0 bridgehead atoms. The van der Waals surface area contributed by atoms with Gasteiger partial charge in [-0.3, -0.25) is 14.8 Å². The second kappa shape index (κ2) is 6.06. The van der Waals surface area contributed by atoms with E-state index in [1.807, 2.05) is 0 Å². The van der Waals surface area contributed by atoms with Crippen LogP contribution in [-0.4, -0.2) is 18.3 Å². The third kappa shape index (κ3) is 4.14. The number of rotatable bonds is 5. The molecule has 0 atom stereocenters. The first-order valence-electron chi connectivity index (χ1n) is 5.73. The van der Waals surface area contributed by atoms with Crippen molar-refractivity contribution < 1.29 is 13.3 Å². The highest BCUT2D eigenvalue weighted by atomic mass is 35.5. The van der Waals surface area contributed by atoms with Crippen molar-refractivity contribution in [2.24, 2.45) is 0 Å². The quantitative estimate of drug-likeness (QED) is 0.516. The van der Waals surface area contributed by atoms with Gasteiger partial charge in [0.15, 0.2) is 0 Å². The Bertz CT molecular complexity index is 765. The van der Waals surface area contributed by atoms with Gasteiger partial charge in [-0.05, 0) is 11.6 Å². The molecule has 110 valence electrons. The molecule has 1 aromatic carbocycles. The summed E-state index contributed by atoms with van der Waals surface area (Å²) in [5.41, 5.74) is 0.0886. The summed E-state index contributed by atoms with van der Waals surface area (Å²) in [6.45, 7) is 0. The van der Waals surface area contributed by atoms with E-state index in [0.29, 0.717) is 5.56 Å². The molecule has 0 saturated heterocycles. The summed E-state index contributed by atoms with van der Waals surface area (Å²) >= 11 is 5.64. The Morgan fingerprint density at radius 2 is 1.86 bits per heavy atom. The molecule has 0 radical (unpaired) electrons. The molecule has 1 aromatic heterocycles. The lowest BCUT2D eigenvalue weighted by Gasteiger charge is -2.08. The third-order valence-electron chi connectivity index (χ3n) is 2.49. The Balaban J connectivity index is 2.28. The monoisotopic (exact) mass is 327 g/mol. The molecule has 9 heteroatoms. The van der Waals surface area contributed by atoms with E-state index in [-0.39, 0.29) is 10.9 Å². The maximum atomic E-state index is 12.0. The molecular weight excluding hydrogens is 318 g/mol. The van der Waals surface area contributed by atoms with Crippen LogP contribution in [0.1, 0.15) is 5.56 Å². The van der Waals surface area contributed by atoms with Gasteiger partial charge in [-0.2, -0.15) is 0 Å². The lowest BCUT2D eigenvalue weighted by molar-refractivity contribution is -0.384. The van der Waals surface area contributed by atoms with Gasteiger partial charge in [0.1, 0.15) is 5.15 Å². The van der Waals surface area contributed by atoms with E-state index in [9.17, 15) is 18.5 Å². The predicted octanol–water partition coefficient (Wildman–Crippen LogP) is 2.59. The second-order valence-corrected chi connectivity index (χ2v) is 6.22. The lowest BCUT2D eigenvalue weighted by atomic mass is 10.2. The zero-order chi connectivity index (χ0) is 15.5. The van der Waals surface area contributed by atoms with Crippen LogP contribution in [-0.2, 0) is 15.8 Å². The first-order chi connectivity index (χ1) is 9.87. The van der Waals surface area contributed by atoms with Gasteiger partial charge in [0.05, 0.1) is 10.7 Å². The first kappa shape index (κ1) is 15.2. The number of benzene rings is 1. The fourth-order valence-electron chi connectivity index (χ4n) is 1.63. The van der Waals surface area contributed by atoms with Crippen LogP contribution >= 0.6 is 11.6 Å². The highest BCUT2D eigenvalue weighted by Crippen LogP contribution is 2.25. The van der Waals surface area contributed by atoms with E-state index in [1.165, 1.54) is 6.07 Å². The number of anilines is 1. The number of aromatic nitrogens is 1. The molecule has 0 amide bonds. The van der Waals surface area contributed by atoms with Gasteiger partial charge in [-0.1, -0.05) is 41.9 Å². The average Bonchev–Trinajstić information content (AvgIpc) is 2.38. The zero-order valence-corrected chi connectivity index (χ0v) is 12.1. The zero-order valence-electron chi connectivity index (χ0n) is 10.6. The van der Waals surface area contributed by atoms with Gasteiger partial charge >= 0.3 is 5.69 Å². The summed E-state index contributed by atoms with van der Waals surface area (Å²) in [6, 6.07) is 10.7. The summed E-state index contributed by atoms with van der Waals surface area (Å²) in [6.07, 6.45) is 0. The van der Waals surface area contributed by atoms with Crippen LogP contribution in [0.3, 0.4) is 0 Å². The summed E-state index contributed by atoms with van der Waals surface area (Å²) in [7, 11) is -3.84. The Hall–Kier alpha value is -2.19. The molecule has 0 unspecified atom stereocenters. The number of sulfonamides is 1. The first-order valence-corrected chi connectivity index (χ1v) is 7.76. The molecule has 0 aliphatic carbocycles. The Kier molecular flexibility index (Phi) is 4.39. The largest absolute Gasteiger partial charge is 0.312 e. The van der Waals surface area contributed by atoms with E-state index in [2.05, 4.69) is 9.71 Å². The maximum absolute atomic E-state index is 12.0. The number of nitrogens with zero attached hydrogens (tertiary/aromatic N) is 2. The van der Waals surface area contributed by atoms with Crippen LogP contribution < -0.4 is 4.72 Å². The van der Waals surface area contributed by atoms with Crippen LogP contribution in [0.25, 0.3) is 0 Å². The molecule has 7 nitrogen and oxygen atoms in total. The molecular formula is C12H10ClN3O4S. The summed E-state index contributed by atoms with van der Waals surface area (Å²) < 4.78 is 26.2. The number of hydrogen-bond acceptors (Lipinski definition) is 5. The minimum Gasteiger partial charge on any atom is -0.261 e. The number of halogens is 1. The predicted molar refractivity (Wildman–Crippen MR) is 78.6 cm³/mol. The number of nitrogens with one attached hydrogen (secondary N) is 1. The van der Waals surface area contributed by atoms with Gasteiger partial charge in [-0.15, -0.1) is 0 Å². The summed E-state index contributed by atoms with van der Waals surface area (Å²) in [4.78, 5) is 13.8. The molecule has 0 aliphatic rings. The highest BCUT2D eigenvalue weighted by Gasteiger charge is 2.21. The average molecular weight is 328 g/mol. The second-order valence-electron chi connectivity index (χ2n) is 4.11. The Morgan fingerprint density at radius 3 is 2.48 bits per heavy atom. The van der Waals surface area contributed by atoms with Gasteiger partial charge in [0, 0.05) is 6.07 Å². The van der Waals surface area contributed by atoms with Gasteiger partial charge in [0.2, 0.25) is 15.8 Å². The maximum Gasteiger partial charge on any atom is 0.312 e. The third-order valence-corrected chi connectivity index (χ3v) is 3.92. The van der Waals surface area contributed by atoms with Crippen LogP contribution in [0.5, 0.6) is 0 Å². The van der Waals surface area contributed by atoms with Gasteiger partial charge in [0.25, 0.3) is 0 Å². The molecule has 0 spiro atoms. The fourth-order valence-corrected chi connectivity index (χ4v) is 2.92. The van der Waals surface area contributed by atoms with Crippen molar-refractivity contribution in [2.45, 2.75) is 5.75 Å². The fraction of sp³-hybridized carbons (Fsp3) is 0.0833. The van der Waals surface area contributed by atoms with Crippen molar-refractivity contribution in [1.82, 2.24) is 4.98 Å². The minimum atomic E-state index is -3.84. The molecule has 1 heterocycles. The van der Waals surface area contributed by atoms with E-state index in [4.69, 9.17) is 11.6 Å². The normalized spacial score (nSPS) is 11.1. The molecule has 2 aromatic rings. The molecule has 0 fully saturated rings. The highest BCUT2D eigenvalue weighted by molar-refractivity contribution is 7.91. The molecule has 2 rings (SSSR count). The van der Waals surface area contributed by atoms with Crippen molar-refractivity contribution in [3.05, 3.63) is 63.3 Å². The Labute approximate surface area is 125 Å². The number of pyridine rings is 1. The van der Waals surface area contributed by atoms with E-state index < -0.39 is 26.5 Å². The lowest BCUT2D eigenvalue weighted by Crippen LogP contribution is -2.17.